The molecule has 0 spiro atoms. The molecule has 1 aromatic heterocycles. The first kappa shape index (κ1) is 24.1. The number of halogens is 1. The average Bonchev–Trinajstić information content (AvgIpc) is 3.25. The summed E-state index contributed by atoms with van der Waals surface area (Å²) in [5.74, 6) is -0.797. The predicted molar refractivity (Wildman–Crippen MR) is 119 cm³/mol. The second-order valence-electron chi connectivity index (χ2n) is 8.83. The number of aromatic nitrogens is 1. The third-order valence-electron chi connectivity index (χ3n) is 6.43. The number of benzene rings is 1. The number of Topliss-reactive ketones (excluding diaryl/α,β-unsaturated/α-hetero) is 1. The van der Waals surface area contributed by atoms with E-state index in [2.05, 4.69) is 10.3 Å². The van der Waals surface area contributed by atoms with Crippen LogP contribution in [0.1, 0.15) is 38.0 Å². The van der Waals surface area contributed by atoms with Gasteiger partial charge in [-0.25, -0.2) is 14.2 Å². The Bertz CT molecular complexity index is 1010. The van der Waals surface area contributed by atoms with Crippen molar-refractivity contribution in [2.75, 3.05) is 39.5 Å². The van der Waals surface area contributed by atoms with Crippen LogP contribution in [-0.2, 0) is 25.5 Å². The molecule has 1 aliphatic heterocycles. The van der Waals surface area contributed by atoms with Gasteiger partial charge in [0.05, 0.1) is 25.6 Å². The van der Waals surface area contributed by atoms with Gasteiger partial charge in [-0.3, -0.25) is 9.59 Å². The van der Waals surface area contributed by atoms with E-state index in [0.717, 1.165) is 25.7 Å². The van der Waals surface area contributed by atoms with E-state index in [-0.39, 0.29) is 42.2 Å². The van der Waals surface area contributed by atoms with Gasteiger partial charge in [-0.1, -0.05) is 19.3 Å². The number of alkyl carbamates (subject to hydrolysis) is 1. The molecule has 1 saturated carbocycles. The summed E-state index contributed by atoms with van der Waals surface area (Å²) in [5.41, 5.74) is 0.696. The number of hydrogen-bond acceptors (Lipinski definition) is 7. The van der Waals surface area contributed by atoms with Gasteiger partial charge in [0, 0.05) is 25.7 Å². The molecule has 1 N–H and O–H groups in total. The van der Waals surface area contributed by atoms with Gasteiger partial charge >= 0.3 is 6.09 Å². The van der Waals surface area contributed by atoms with Gasteiger partial charge in [-0.05, 0) is 30.9 Å². The lowest BCUT2D eigenvalue weighted by Gasteiger charge is -2.35. The normalized spacial score (nSPS) is 18.0. The monoisotopic (exact) mass is 475 g/mol. The Morgan fingerprint density at radius 3 is 2.71 bits per heavy atom. The number of nitrogens with zero attached hydrogens (tertiary/aromatic N) is 2. The summed E-state index contributed by atoms with van der Waals surface area (Å²) in [4.78, 5) is 43.6. The molecule has 1 atom stereocenters. The van der Waals surface area contributed by atoms with Gasteiger partial charge in [0.1, 0.15) is 11.3 Å². The number of amides is 2. The molecule has 1 unspecified atom stereocenters. The Labute approximate surface area is 197 Å². The number of ether oxygens (including phenoxy) is 2. The summed E-state index contributed by atoms with van der Waals surface area (Å²) in [5, 5.41) is 2.67. The summed E-state index contributed by atoms with van der Waals surface area (Å²) in [6.45, 7) is 1.88. The second-order valence-corrected chi connectivity index (χ2v) is 8.83. The third kappa shape index (κ3) is 6.31. The van der Waals surface area contributed by atoms with Crippen LogP contribution in [0, 0.1) is 17.7 Å². The van der Waals surface area contributed by atoms with Crippen LogP contribution in [0.15, 0.2) is 22.6 Å². The number of nitrogens with one attached hydrogen (secondary N) is 1. The zero-order chi connectivity index (χ0) is 23.9. The molecule has 10 heteroatoms. The van der Waals surface area contributed by atoms with E-state index < -0.39 is 24.3 Å². The molecule has 2 heterocycles. The number of oxazole rings is 1. The molecule has 0 bridgehead atoms. The number of carbonyl (C=O) groups excluding carboxylic acids is 3. The van der Waals surface area contributed by atoms with E-state index in [0.29, 0.717) is 31.8 Å². The molecule has 2 fully saturated rings. The Morgan fingerprint density at radius 2 is 1.94 bits per heavy atom. The Balaban J connectivity index is 1.26. The first-order chi connectivity index (χ1) is 16.5. The predicted octanol–water partition coefficient (Wildman–Crippen LogP) is 2.86. The molecule has 9 nitrogen and oxygen atoms in total. The molecule has 2 amide bonds. The quantitative estimate of drug-likeness (QED) is 0.625. The fourth-order valence-electron chi connectivity index (χ4n) is 4.64. The number of ketones is 1. The van der Waals surface area contributed by atoms with Gasteiger partial charge < -0.3 is 24.1 Å². The van der Waals surface area contributed by atoms with E-state index in [4.69, 9.17) is 13.9 Å². The van der Waals surface area contributed by atoms with Crippen molar-refractivity contribution in [2.24, 2.45) is 11.8 Å². The number of hydrogen-bond donors (Lipinski definition) is 1. The number of carbonyl (C=O) groups is 3. The molecule has 1 saturated heterocycles. The van der Waals surface area contributed by atoms with Crippen molar-refractivity contribution >= 4 is 28.9 Å². The highest BCUT2D eigenvalue weighted by Crippen LogP contribution is 2.31. The number of fused-ring (bicyclic) bond motifs is 1. The van der Waals surface area contributed by atoms with Crippen LogP contribution in [0.4, 0.5) is 9.18 Å². The zero-order valence-electron chi connectivity index (χ0n) is 19.1. The van der Waals surface area contributed by atoms with Crippen molar-refractivity contribution in [2.45, 2.75) is 38.5 Å². The SMILES string of the molecule is O=C(COC(=O)NCC(C(=O)N1CCOCC1)C1CCCCC1)Cc1nc2ccc(F)cc2o1. The highest BCUT2D eigenvalue weighted by Gasteiger charge is 2.33. The van der Waals surface area contributed by atoms with Crippen molar-refractivity contribution in [3.05, 3.63) is 29.9 Å². The molecule has 0 radical (unpaired) electrons. The molecule has 2 aliphatic rings. The van der Waals surface area contributed by atoms with Crippen molar-refractivity contribution in [1.29, 1.82) is 0 Å². The molecule has 34 heavy (non-hydrogen) atoms. The van der Waals surface area contributed by atoms with Crippen LogP contribution < -0.4 is 5.32 Å². The van der Waals surface area contributed by atoms with Crippen molar-refractivity contribution in [3.63, 3.8) is 0 Å². The summed E-state index contributed by atoms with van der Waals surface area (Å²) >= 11 is 0. The summed E-state index contributed by atoms with van der Waals surface area (Å²) in [7, 11) is 0. The lowest BCUT2D eigenvalue weighted by atomic mass is 9.79. The van der Waals surface area contributed by atoms with Gasteiger partial charge in [-0.2, -0.15) is 0 Å². The first-order valence-electron chi connectivity index (χ1n) is 11.8. The van der Waals surface area contributed by atoms with Crippen molar-refractivity contribution in [1.82, 2.24) is 15.2 Å². The minimum Gasteiger partial charge on any atom is -0.442 e. The van der Waals surface area contributed by atoms with Gasteiger partial charge in [0.25, 0.3) is 0 Å². The van der Waals surface area contributed by atoms with Crippen molar-refractivity contribution < 1.29 is 32.7 Å². The highest BCUT2D eigenvalue weighted by molar-refractivity contribution is 5.84. The molecular weight excluding hydrogens is 445 g/mol. The van der Waals surface area contributed by atoms with Crippen LogP contribution in [0.2, 0.25) is 0 Å². The van der Waals surface area contributed by atoms with Crippen LogP contribution >= 0.6 is 0 Å². The van der Waals surface area contributed by atoms with Crippen LogP contribution in [0.25, 0.3) is 11.1 Å². The molecule has 4 rings (SSSR count). The lowest BCUT2D eigenvalue weighted by molar-refractivity contribution is -0.141. The summed E-state index contributed by atoms with van der Waals surface area (Å²) < 4.78 is 29.1. The average molecular weight is 476 g/mol. The summed E-state index contributed by atoms with van der Waals surface area (Å²) in [6.07, 6.45) is 4.33. The van der Waals surface area contributed by atoms with Gasteiger partial charge in [0.2, 0.25) is 11.8 Å². The molecule has 1 aromatic carbocycles. The molecule has 2 aromatic rings. The third-order valence-corrected chi connectivity index (χ3v) is 6.43. The zero-order valence-corrected chi connectivity index (χ0v) is 19.1. The number of morpholine rings is 1. The van der Waals surface area contributed by atoms with E-state index in [9.17, 15) is 18.8 Å². The van der Waals surface area contributed by atoms with Crippen LogP contribution in [-0.4, -0.2) is 67.1 Å². The van der Waals surface area contributed by atoms with Crippen LogP contribution in [0.3, 0.4) is 0 Å². The smallest absolute Gasteiger partial charge is 0.407 e. The first-order valence-corrected chi connectivity index (χ1v) is 11.8. The second kappa shape index (κ2) is 11.4. The van der Waals surface area contributed by atoms with E-state index in [1.54, 1.807) is 0 Å². The molecule has 1 aliphatic carbocycles. The van der Waals surface area contributed by atoms with Crippen LogP contribution in [0.5, 0.6) is 0 Å². The minimum absolute atomic E-state index is 0.0407. The van der Waals surface area contributed by atoms with E-state index in [1.165, 1.54) is 24.6 Å². The maximum atomic E-state index is 13.3. The van der Waals surface area contributed by atoms with E-state index >= 15 is 0 Å². The van der Waals surface area contributed by atoms with Gasteiger partial charge in [-0.15, -0.1) is 0 Å². The van der Waals surface area contributed by atoms with Gasteiger partial charge in [0.15, 0.2) is 18.0 Å². The highest BCUT2D eigenvalue weighted by atomic mass is 19.1. The van der Waals surface area contributed by atoms with E-state index in [1.807, 2.05) is 4.90 Å². The topological polar surface area (TPSA) is 111 Å². The molecular formula is C24H30FN3O6. The fourth-order valence-corrected chi connectivity index (χ4v) is 4.64. The largest absolute Gasteiger partial charge is 0.442 e. The standard InChI is InChI=1S/C24H30FN3O6/c25-17-6-7-20-21(12-17)34-22(27-20)13-18(29)15-33-24(31)26-14-19(16-4-2-1-3-5-16)23(30)28-8-10-32-11-9-28/h6-7,12,16,19H,1-5,8-11,13-15H2,(H,26,31). The Morgan fingerprint density at radius 1 is 1.18 bits per heavy atom. The molecule has 184 valence electrons. The Kier molecular flexibility index (Phi) is 8.10. The minimum atomic E-state index is -0.747. The summed E-state index contributed by atoms with van der Waals surface area (Å²) in [6, 6.07) is 3.92. The maximum absolute atomic E-state index is 13.3. The fraction of sp³-hybridized carbons (Fsp3) is 0.583. The lowest BCUT2D eigenvalue weighted by Crippen LogP contribution is -2.49. The Hall–Kier alpha value is -3.01. The number of rotatable bonds is 8. The maximum Gasteiger partial charge on any atom is 0.407 e. The van der Waals surface area contributed by atoms with Crippen molar-refractivity contribution in [3.8, 4) is 0 Å².